The first-order chi connectivity index (χ1) is 11.2. The van der Waals surface area contributed by atoms with Gasteiger partial charge in [0, 0.05) is 5.41 Å². The van der Waals surface area contributed by atoms with E-state index < -0.39 is 11.5 Å². The predicted molar refractivity (Wildman–Crippen MR) is 95.3 cm³/mol. The Morgan fingerprint density at radius 3 is 2.71 bits per heavy atom. The third kappa shape index (κ3) is 2.31. The molecule has 3 aliphatic carbocycles. The molecule has 0 aromatic heterocycles. The van der Waals surface area contributed by atoms with Gasteiger partial charge in [-0.25, -0.2) is 0 Å². The van der Waals surface area contributed by atoms with E-state index in [-0.39, 0.29) is 16.8 Å². The van der Waals surface area contributed by atoms with Gasteiger partial charge in [-0.3, -0.25) is 4.79 Å². The minimum absolute atomic E-state index is 0.0573. The lowest BCUT2D eigenvalue weighted by atomic mass is 9.45. The van der Waals surface area contributed by atoms with Crippen molar-refractivity contribution in [2.75, 3.05) is 7.11 Å². The van der Waals surface area contributed by atoms with E-state index in [1.165, 1.54) is 12.7 Å². The van der Waals surface area contributed by atoms with Crippen LogP contribution in [0.1, 0.15) is 59.3 Å². The summed E-state index contributed by atoms with van der Waals surface area (Å²) in [5.41, 5.74) is 0.817. The van der Waals surface area contributed by atoms with Crippen molar-refractivity contribution in [2.45, 2.75) is 65.4 Å². The average molecular weight is 332 g/mol. The van der Waals surface area contributed by atoms with E-state index in [1.807, 2.05) is 6.08 Å². The van der Waals surface area contributed by atoms with Crippen LogP contribution in [0.15, 0.2) is 24.3 Å². The van der Waals surface area contributed by atoms with Crippen molar-refractivity contribution < 1.29 is 14.6 Å². The van der Waals surface area contributed by atoms with Crippen molar-refractivity contribution in [1.82, 2.24) is 0 Å². The molecule has 0 unspecified atom stereocenters. The van der Waals surface area contributed by atoms with Crippen molar-refractivity contribution in [3.63, 3.8) is 0 Å². The second kappa shape index (κ2) is 5.72. The van der Waals surface area contributed by atoms with Gasteiger partial charge >= 0.3 is 5.97 Å². The zero-order valence-corrected chi connectivity index (χ0v) is 15.6. The van der Waals surface area contributed by atoms with E-state index in [4.69, 9.17) is 4.74 Å². The lowest BCUT2D eigenvalue weighted by molar-refractivity contribution is -0.169. The Morgan fingerprint density at radius 1 is 1.38 bits per heavy atom. The van der Waals surface area contributed by atoms with Gasteiger partial charge in [-0.1, -0.05) is 38.0 Å². The quantitative estimate of drug-likeness (QED) is 0.607. The standard InChI is InChI=1S/C21H32O3/c1-6-19(2)13-14-8-9-16-20(3,15(14)12-17(19)22)10-7-11-21(16,4)18(23)24-5/h6,13,15-17,22H,1,7-12H2,2-5H3/t15-,16+,17+,19+,20+,21+/m0/s1. The summed E-state index contributed by atoms with van der Waals surface area (Å²) >= 11 is 0. The fourth-order valence-corrected chi connectivity index (χ4v) is 6.13. The SMILES string of the molecule is C=C[C@]1(C)C=C2CC[C@@H]3[C@](C)(CCC[C@@]3(C)C(=O)OC)[C@H]2C[C@H]1O. The molecule has 0 amide bonds. The third-order valence-corrected chi connectivity index (χ3v) is 7.71. The summed E-state index contributed by atoms with van der Waals surface area (Å²) in [5, 5.41) is 10.7. The van der Waals surface area contributed by atoms with Crippen LogP contribution in [0.2, 0.25) is 0 Å². The van der Waals surface area contributed by atoms with E-state index in [1.54, 1.807) is 0 Å². The fourth-order valence-electron chi connectivity index (χ4n) is 6.13. The molecule has 3 nitrogen and oxygen atoms in total. The van der Waals surface area contributed by atoms with Crippen LogP contribution in [0.3, 0.4) is 0 Å². The van der Waals surface area contributed by atoms with Gasteiger partial charge in [-0.05, 0) is 56.3 Å². The van der Waals surface area contributed by atoms with Gasteiger partial charge in [0.15, 0.2) is 0 Å². The maximum atomic E-state index is 12.6. The van der Waals surface area contributed by atoms with Crippen LogP contribution in [0.5, 0.6) is 0 Å². The molecule has 0 bridgehead atoms. The highest BCUT2D eigenvalue weighted by molar-refractivity contribution is 5.77. The number of rotatable bonds is 2. The van der Waals surface area contributed by atoms with Crippen LogP contribution in [0.25, 0.3) is 0 Å². The summed E-state index contributed by atoms with van der Waals surface area (Å²) in [6, 6.07) is 0. The van der Waals surface area contributed by atoms with Gasteiger partial charge in [0.05, 0.1) is 18.6 Å². The van der Waals surface area contributed by atoms with Crippen LogP contribution < -0.4 is 0 Å². The van der Waals surface area contributed by atoms with E-state index in [2.05, 4.69) is 33.4 Å². The van der Waals surface area contributed by atoms with Gasteiger partial charge in [-0.2, -0.15) is 0 Å². The zero-order valence-electron chi connectivity index (χ0n) is 15.6. The summed E-state index contributed by atoms with van der Waals surface area (Å²) in [7, 11) is 1.51. The Kier molecular flexibility index (Phi) is 4.23. The Labute approximate surface area is 146 Å². The number of esters is 1. The molecular weight excluding hydrogens is 300 g/mol. The van der Waals surface area contributed by atoms with Crippen LogP contribution >= 0.6 is 0 Å². The van der Waals surface area contributed by atoms with E-state index >= 15 is 0 Å². The van der Waals surface area contributed by atoms with E-state index in [0.717, 1.165) is 38.5 Å². The number of aliphatic hydroxyl groups excluding tert-OH is 1. The molecule has 3 aliphatic rings. The van der Waals surface area contributed by atoms with Gasteiger partial charge < -0.3 is 9.84 Å². The Hall–Kier alpha value is -1.09. The molecule has 0 heterocycles. The summed E-state index contributed by atoms with van der Waals surface area (Å²) in [6.45, 7) is 10.5. The number of fused-ring (bicyclic) bond motifs is 3. The number of hydrogen-bond donors (Lipinski definition) is 1. The number of allylic oxidation sites excluding steroid dienone is 1. The molecule has 24 heavy (non-hydrogen) atoms. The monoisotopic (exact) mass is 332 g/mol. The summed E-state index contributed by atoms with van der Waals surface area (Å²) < 4.78 is 5.18. The molecule has 2 fully saturated rings. The van der Waals surface area contributed by atoms with Gasteiger partial charge in [0.2, 0.25) is 0 Å². The number of carbonyl (C=O) groups is 1. The van der Waals surface area contributed by atoms with E-state index in [9.17, 15) is 9.90 Å². The van der Waals surface area contributed by atoms with Crippen molar-refractivity contribution in [3.8, 4) is 0 Å². The first-order valence-electron chi connectivity index (χ1n) is 9.33. The second-order valence-electron chi connectivity index (χ2n) is 8.95. The van der Waals surface area contributed by atoms with Gasteiger partial charge in [0.1, 0.15) is 0 Å². The van der Waals surface area contributed by atoms with E-state index in [0.29, 0.717) is 11.8 Å². The minimum Gasteiger partial charge on any atom is -0.469 e. The van der Waals surface area contributed by atoms with Crippen LogP contribution in [0.4, 0.5) is 0 Å². The Bertz CT molecular complexity index is 580. The second-order valence-corrected chi connectivity index (χ2v) is 8.95. The summed E-state index contributed by atoms with van der Waals surface area (Å²) in [5.74, 6) is 0.635. The lowest BCUT2D eigenvalue weighted by Gasteiger charge is -2.59. The molecule has 3 rings (SSSR count). The predicted octanol–water partition coefficient (Wildman–Crippen LogP) is 4.27. The highest BCUT2D eigenvalue weighted by atomic mass is 16.5. The van der Waals surface area contributed by atoms with Crippen molar-refractivity contribution in [2.24, 2.45) is 28.1 Å². The number of ether oxygens (including phenoxy) is 1. The fraction of sp³-hybridized carbons (Fsp3) is 0.762. The first-order valence-corrected chi connectivity index (χ1v) is 9.33. The van der Waals surface area contributed by atoms with Crippen molar-refractivity contribution in [1.29, 1.82) is 0 Å². The minimum atomic E-state index is -0.398. The van der Waals surface area contributed by atoms with Gasteiger partial charge in [0.25, 0.3) is 0 Å². The highest BCUT2D eigenvalue weighted by Crippen LogP contribution is 2.64. The lowest BCUT2D eigenvalue weighted by Crippen LogP contribution is -2.55. The van der Waals surface area contributed by atoms with Crippen molar-refractivity contribution in [3.05, 3.63) is 24.3 Å². The largest absolute Gasteiger partial charge is 0.469 e. The molecule has 2 saturated carbocycles. The number of methoxy groups -OCH3 is 1. The molecule has 0 spiro atoms. The number of carbonyl (C=O) groups excluding carboxylic acids is 1. The molecule has 0 aromatic rings. The molecule has 1 N–H and O–H groups in total. The molecule has 6 atom stereocenters. The molecule has 0 aliphatic heterocycles. The smallest absolute Gasteiger partial charge is 0.311 e. The number of aliphatic hydroxyl groups is 1. The molecule has 0 radical (unpaired) electrons. The molecular formula is C21H32O3. The summed E-state index contributed by atoms with van der Waals surface area (Å²) in [4.78, 5) is 12.6. The third-order valence-electron chi connectivity index (χ3n) is 7.71. The Morgan fingerprint density at radius 2 is 2.08 bits per heavy atom. The normalized spacial score (nSPS) is 47.9. The van der Waals surface area contributed by atoms with Crippen LogP contribution in [-0.2, 0) is 9.53 Å². The maximum absolute atomic E-state index is 12.6. The van der Waals surface area contributed by atoms with Crippen LogP contribution in [-0.4, -0.2) is 24.3 Å². The molecule has 0 saturated heterocycles. The molecule has 3 heteroatoms. The first kappa shape index (κ1) is 17.7. The number of hydrogen-bond acceptors (Lipinski definition) is 3. The topological polar surface area (TPSA) is 46.5 Å². The Balaban J connectivity index is 2.01. The van der Waals surface area contributed by atoms with Crippen molar-refractivity contribution >= 4 is 5.97 Å². The highest BCUT2D eigenvalue weighted by Gasteiger charge is 2.59. The maximum Gasteiger partial charge on any atom is 0.311 e. The molecule has 0 aromatic carbocycles. The van der Waals surface area contributed by atoms with Gasteiger partial charge in [-0.15, -0.1) is 6.58 Å². The average Bonchev–Trinajstić information content (AvgIpc) is 2.55. The molecule has 134 valence electrons. The van der Waals surface area contributed by atoms with Crippen LogP contribution in [0, 0.1) is 28.1 Å². The summed E-state index contributed by atoms with van der Waals surface area (Å²) in [6.07, 6.45) is 9.68. The zero-order chi connectivity index (χ0) is 17.8.